The highest BCUT2D eigenvalue weighted by Crippen LogP contribution is 2.30. The SMILES string of the molecule is COC(=O)c1ccsc1NC(=O)CSc1nc2ccccc2s1. The standard InChI is InChI=1S/C15H12N2O3S3/c1-20-14(19)9-6-7-21-13(9)17-12(18)8-22-15-16-10-4-2-3-5-11(10)23-15/h2-7H,8H2,1H3,(H,17,18). The van der Waals surface area contributed by atoms with E-state index in [2.05, 4.69) is 15.0 Å². The summed E-state index contributed by atoms with van der Waals surface area (Å²) in [4.78, 5) is 28.1. The summed E-state index contributed by atoms with van der Waals surface area (Å²) in [5, 5.41) is 4.99. The fourth-order valence-corrected chi connectivity index (χ4v) is 4.54. The van der Waals surface area contributed by atoms with E-state index in [-0.39, 0.29) is 11.7 Å². The third-order valence-corrected chi connectivity index (χ3v) is 5.93. The number of esters is 1. The molecule has 3 rings (SSSR count). The van der Waals surface area contributed by atoms with Crippen molar-refractivity contribution in [1.82, 2.24) is 4.98 Å². The first-order chi connectivity index (χ1) is 11.2. The minimum Gasteiger partial charge on any atom is -0.465 e. The van der Waals surface area contributed by atoms with Gasteiger partial charge in [0.1, 0.15) is 5.00 Å². The zero-order chi connectivity index (χ0) is 16.2. The van der Waals surface area contributed by atoms with E-state index in [1.165, 1.54) is 30.2 Å². The Bertz CT molecular complexity index is 823. The van der Waals surface area contributed by atoms with Crippen LogP contribution in [0.5, 0.6) is 0 Å². The van der Waals surface area contributed by atoms with Crippen molar-refractivity contribution in [2.45, 2.75) is 4.34 Å². The Morgan fingerprint density at radius 1 is 1.30 bits per heavy atom. The number of thiophene rings is 1. The maximum absolute atomic E-state index is 12.1. The number of para-hydroxylation sites is 1. The monoisotopic (exact) mass is 364 g/mol. The molecule has 5 nitrogen and oxygen atoms in total. The molecule has 2 heterocycles. The van der Waals surface area contributed by atoms with Gasteiger partial charge in [-0.3, -0.25) is 4.79 Å². The van der Waals surface area contributed by atoms with E-state index < -0.39 is 5.97 Å². The summed E-state index contributed by atoms with van der Waals surface area (Å²) in [5.74, 6) is -0.402. The highest BCUT2D eigenvalue weighted by Gasteiger charge is 2.15. The molecule has 3 aromatic rings. The van der Waals surface area contributed by atoms with Gasteiger partial charge in [-0.1, -0.05) is 23.9 Å². The maximum atomic E-state index is 12.1. The van der Waals surface area contributed by atoms with Gasteiger partial charge in [-0.05, 0) is 23.6 Å². The molecule has 0 aliphatic rings. The average molecular weight is 364 g/mol. The topological polar surface area (TPSA) is 68.3 Å². The molecule has 0 saturated carbocycles. The van der Waals surface area contributed by atoms with E-state index in [0.717, 1.165) is 14.6 Å². The number of anilines is 1. The van der Waals surface area contributed by atoms with Crippen LogP contribution in [0, 0.1) is 0 Å². The molecule has 0 radical (unpaired) electrons. The van der Waals surface area contributed by atoms with Crippen molar-refractivity contribution in [1.29, 1.82) is 0 Å². The third-order valence-electron chi connectivity index (χ3n) is 2.92. The number of aromatic nitrogens is 1. The van der Waals surface area contributed by atoms with Crippen LogP contribution >= 0.6 is 34.4 Å². The number of fused-ring (bicyclic) bond motifs is 1. The second-order valence-electron chi connectivity index (χ2n) is 4.44. The molecule has 0 bridgehead atoms. The van der Waals surface area contributed by atoms with Crippen LogP contribution in [0.1, 0.15) is 10.4 Å². The number of amides is 1. The van der Waals surface area contributed by atoms with Crippen LogP contribution in [0.4, 0.5) is 5.00 Å². The molecule has 118 valence electrons. The van der Waals surface area contributed by atoms with Crippen LogP contribution in [0.3, 0.4) is 0 Å². The fourth-order valence-electron chi connectivity index (χ4n) is 1.88. The highest BCUT2D eigenvalue weighted by atomic mass is 32.2. The van der Waals surface area contributed by atoms with Gasteiger partial charge in [0.2, 0.25) is 5.91 Å². The number of rotatable bonds is 5. The summed E-state index contributed by atoms with van der Waals surface area (Å²) in [7, 11) is 1.31. The molecule has 0 fully saturated rings. The lowest BCUT2D eigenvalue weighted by Crippen LogP contribution is -2.15. The summed E-state index contributed by atoms with van der Waals surface area (Å²) in [6, 6.07) is 9.49. The van der Waals surface area contributed by atoms with E-state index >= 15 is 0 Å². The van der Waals surface area contributed by atoms with Gasteiger partial charge in [0.05, 0.1) is 28.6 Å². The minimum absolute atomic E-state index is 0.179. The third kappa shape index (κ3) is 3.72. The summed E-state index contributed by atoms with van der Waals surface area (Å²) in [5.41, 5.74) is 1.31. The molecule has 23 heavy (non-hydrogen) atoms. The predicted molar refractivity (Wildman–Crippen MR) is 94.6 cm³/mol. The quantitative estimate of drug-likeness (QED) is 0.550. The van der Waals surface area contributed by atoms with Gasteiger partial charge in [-0.15, -0.1) is 22.7 Å². The number of hydrogen-bond donors (Lipinski definition) is 1. The fraction of sp³-hybridized carbons (Fsp3) is 0.133. The number of nitrogens with zero attached hydrogens (tertiary/aromatic N) is 1. The number of carbonyl (C=O) groups excluding carboxylic acids is 2. The Morgan fingerprint density at radius 3 is 2.91 bits per heavy atom. The number of benzene rings is 1. The van der Waals surface area contributed by atoms with Crippen molar-refractivity contribution in [2.24, 2.45) is 0 Å². The van der Waals surface area contributed by atoms with Crippen LogP contribution in [0.25, 0.3) is 10.2 Å². The summed E-state index contributed by atoms with van der Waals surface area (Å²) >= 11 is 4.23. The van der Waals surface area contributed by atoms with E-state index in [9.17, 15) is 9.59 Å². The van der Waals surface area contributed by atoms with Gasteiger partial charge in [0.15, 0.2) is 4.34 Å². The van der Waals surface area contributed by atoms with Crippen LogP contribution in [-0.2, 0) is 9.53 Å². The molecule has 8 heteroatoms. The summed E-state index contributed by atoms with van der Waals surface area (Å²) < 4.78 is 6.63. The van der Waals surface area contributed by atoms with Gasteiger partial charge in [0.25, 0.3) is 0 Å². The Balaban J connectivity index is 1.61. The van der Waals surface area contributed by atoms with Crippen LogP contribution in [-0.4, -0.2) is 29.7 Å². The highest BCUT2D eigenvalue weighted by molar-refractivity contribution is 8.01. The average Bonchev–Trinajstić information content (AvgIpc) is 3.18. The molecule has 0 aliphatic heterocycles. The van der Waals surface area contributed by atoms with Crippen LogP contribution < -0.4 is 5.32 Å². The Labute approximate surface area is 144 Å². The first-order valence-electron chi connectivity index (χ1n) is 6.61. The second-order valence-corrected chi connectivity index (χ2v) is 7.61. The van der Waals surface area contributed by atoms with Gasteiger partial charge < -0.3 is 10.1 Å². The van der Waals surface area contributed by atoms with Crippen molar-refractivity contribution in [3.05, 3.63) is 41.3 Å². The summed E-state index contributed by atoms with van der Waals surface area (Å²) in [6.07, 6.45) is 0. The van der Waals surface area contributed by atoms with Gasteiger partial charge in [-0.2, -0.15) is 0 Å². The molecule has 0 atom stereocenters. The molecule has 1 amide bonds. The predicted octanol–water partition coefficient (Wildman–Crippen LogP) is 3.88. The van der Waals surface area contributed by atoms with Crippen molar-refractivity contribution in [3.8, 4) is 0 Å². The number of hydrogen-bond acceptors (Lipinski definition) is 7. The zero-order valence-electron chi connectivity index (χ0n) is 12.1. The van der Waals surface area contributed by atoms with Gasteiger partial charge >= 0.3 is 5.97 Å². The van der Waals surface area contributed by atoms with Crippen LogP contribution in [0.2, 0.25) is 0 Å². The van der Waals surface area contributed by atoms with E-state index in [1.807, 2.05) is 24.3 Å². The van der Waals surface area contributed by atoms with E-state index in [4.69, 9.17) is 0 Å². The molecule has 1 aromatic carbocycles. The van der Waals surface area contributed by atoms with E-state index in [1.54, 1.807) is 22.8 Å². The molecule has 1 N–H and O–H groups in total. The van der Waals surface area contributed by atoms with Gasteiger partial charge in [-0.25, -0.2) is 9.78 Å². The number of ether oxygens (including phenoxy) is 1. The smallest absolute Gasteiger partial charge is 0.340 e. The molecular formula is C15H12N2O3S3. The van der Waals surface area contributed by atoms with Crippen molar-refractivity contribution in [2.75, 3.05) is 18.2 Å². The molecule has 0 aliphatic carbocycles. The molecule has 0 saturated heterocycles. The lowest BCUT2D eigenvalue weighted by molar-refractivity contribution is -0.113. The Hall–Kier alpha value is -1.90. The number of carbonyl (C=O) groups is 2. The summed E-state index contributed by atoms with van der Waals surface area (Å²) in [6.45, 7) is 0. The Kier molecular flexibility index (Phi) is 4.94. The number of methoxy groups -OCH3 is 1. The molecule has 0 unspecified atom stereocenters. The van der Waals surface area contributed by atoms with Crippen molar-refractivity contribution in [3.63, 3.8) is 0 Å². The van der Waals surface area contributed by atoms with E-state index in [0.29, 0.717) is 10.6 Å². The number of thioether (sulfide) groups is 1. The number of nitrogens with one attached hydrogen (secondary N) is 1. The second kappa shape index (κ2) is 7.12. The largest absolute Gasteiger partial charge is 0.465 e. The minimum atomic E-state index is -0.458. The van der Waals surface area contributed by atoms with Crippen molar-refractivity contribution < 1.29 is 14.3 Å². The first kappa shape index (κ1) is 16.0. The maximum Gasteiger partial charge on any atom is 0.340 e. The first-order valence-corrected chi connectivity index (χ1v) is 9.29. The zero-order valence-corrected chi connectivity index (χ0v) is 14.5. The molecule has 0 spiro atoms. The normalized spacial score (nSPS) is 10.7. The lowest BCUT2D eigenvalue weighted by Gasteiger charge is -2.04. The molecular weight excluding hydrogens is 352 g/mol. The lowest BCUT2D eigenvalue weighted by atomic mass is 10.3. The van der Waals surface area contributed by atoms with Gasteiger partial charge in [0, 0.05) is 0 Å². The number of thiazole rings is 1. The van der Waals surface area contributed by atoms with Crippen molar-refractivity contribution >= 4 is 61.5 Å². The Morgan fingerprint density at radius 2 is 2.13 bits per heavy atom. The van der Waals surface area contributed by atoms with Crippen LogP contribution in [0.15, 0.2) is 40.1 Å². The molecule has 2 aromatic heterocycles.